The molecule has 1 heterocycles. The summed E-state index contributed by atoms with van der Waals surface area (Å²) in [5, 5.41) is 4.29. The maximum absolute atomic E-state index is 11.9. The Balaban J connectivity index is 1.88. The van der Waals surface area contributed by atoms with Crippen LogP contribution in [0.15, 0.2) is 46.4 Å². The summed E-state index contributed by atoms with van der Waals surface area (Å²) < 4.78 is 12.4. The molecular weight excluding hydrogens is 464 g/mol. The van der Waals surface area contributed by atoms with E-state index in [-0.39, 0.29) is 17.2 Å². The third-order valence-corrected chi connectivity index (χ3v) is 4.69. The number of nitrogens with one attached hydrogen (secondary N) is 2. The molecular formula is C20H16BrClN2O5. The van der Waals surface area contributed by atoms with Crippen LogP contribution in [0.2, 0.25) is 5.02 Å². The molecule has 0 bridgehead atoms. The van der Waals surface area contributed by atoms with Crippen molar-refractivity contribution < 1.29 is 23.9 Å². The molecule has 0 saturated carbocycles. The molecule has 2 aromatic carbocycles. The fourth-order valence-corrected chi connectivity index (χ4v) is 3.12. The Morgan fingerprint density at radius 3 is 2.31 bits per heavy atom. The Morgan fingerprint density at radius 2 is 1.69 bits per heavy atom. The van der Waals surface area contributed by atoms with Crippen LogP contribution in [-0.4, -0.2) is 24.5 Å². The highest BCUT2D eigenvalue weighted by Crippen LogP contribution is 2.38. The van der Waals surface area contributed by atoms with Gasteiger partial charge in [0, 0.05) is 4.47 Å². The number of imide groups is 2. The van der Waals surface area contributed by atoms with Crippen LogP contribution in [0.3, 0.4) is 0 Å². The van der Waals surface area contributed by atoms with Crippen LogP contribution in [-0.2, 0) is 16.2 Å². The second kappa shape index (κ2) is 9.11. The lowest BCUT2D eigenvalue weighted by molar-refractivity contribution is -0.123. The largest absolute Gasteiger partial charge is 0.490 e. The minimum atomic E-state index is -0.859. The zero-order chi connectivity index (χ0) is 21.0. The summed E-state index contributed by atoms with van der Waals surface area (Å²) in [5.41, 5.74) is 1.17. The van der Waals surface area contributed by atoms with E-state index >= 15 is 0 Å². The van der Waals surface area contributed by atoms with E-state index < -0.39 is 17.8 Å². The Bertz CT molecular complexity index is 983. The SMILES string of the molecule is CCOc1cc(C=C2C(=O)NC(=O)NC2=O)cc(Cl)c1OCc1ccc(Br)cc1. The van der Waals surface area contributed by atoms with Crippen LogP contribution in [0.4, 0.5) is 4.79 Å². The summed E-state index contributed by atoms with van der Waals surface area (Å²) in [6.45, 7) is 2.45. The maximum atomic E-state index is 11.9. The molecule has 1 aliphatic heterocycles. The van der Waals surface area contributed by atoms with Crippen LogP contribution in [0.1, 0.15) is 18.1 Å². The molecule has 0 aliphatic carbocycles. The Morgan fingerprint density at radius 1 is 1.03 bits per heavy atom. The van der Waals surface area contributed by atoms with Gasteiger partial charge in [-0.25, -0.2) is 4.79 Å². The van der Waals surface area contributed by atoms with Gasteiger partial charge >= 0.3 is 6.03 Å². The van der Waals surface area contributed by atoms with Gasteiger partial charge in [0.25, 0.3) is 11.8 Å². The number of hydrogen-bond donors (Lipinski definition) is 2. The fourth-order valence-electron chi connectivity index (χ4n) is 2.58. The van der Waals surface area contributed by atoms with Crippen molar-refractivity contribution in [2.24, 2.45) is 0 Å². The first-order chi connectivity index (χ1) is 13.9. The molecule has 0 aromatic heterocycles. The first-order valence-electron chi connectivity index (χ1n) is 8.59. The van der Waals surface area contributed by atoms with Gasteiger partial charge in [-0.05, 0) is 48.4 Å². The van der Waals surface area contributed by atoms with Gasteiger partial charge in [-0.2, -0.15) is 0 Å². The van der Waals surface area contributed by atoms with E-state index in [1.165, 1.54) is 6.08 Å². The molecule has 0 radical (unpaired) electrons. The van der Waals surface area contributed by atoms with Crippen LogP contribution >= 0.6 is 27.5 Å². The number of rotatable bonds is 6. The van der Waals surface area contributed by atoms with Gasteiger partial charge in [0.15, 0.2) is 11.5 Å². The van der Waals surface area contributed by atoms with Crippen molar-refractivity contribution in [2.75, 3.05) is 6.61 Å². The smallest absolute Gasteiger partial charge is 0.328 e. The van der Waals surface area contributed by atoms with Crippen molar-refractivity contribution in [3.63, 3.8) is 0 Å². The zero-order valence-electron chi connectivity index (χ0n) is 15.3. The van der Waals surface area contributed by atoms with E-state index in [0.29, 0.717) is 23.7 Å². The normalized spacial score (nSPS) is 13.6. The second-order valence-corrected chi connectivity index (χ2v) is 7.30. The molecule has 2 aromatic rings. The van der Waals surface area contributed by atoms with Crippen molar-refractivity contribution in [1.82, 2.24) is 10.6 Å². The Kier molecular flexibility index (Phi) is 6.56. The summed E-state index contributed by atoms with van der Waals surface area (Å²) in [7, 11) is 0. The van der Waals surface area contributed by atoms with Gasteiger partial charge in [0.1, 0.15) is 12.2 Å². The van der Waals surface area contributed by atoms with E-state index in [4.69, 9.17) is 21.1 Å². The first kappa shape index (κ1) is 20.9. The van der Waals surface area contributed by atoms with Crippen molar-refractivity contribution in [3.8, 4) is 11.5 Å². The second-order valence-electron chi connectivity index (χ2n) is 5.97. The lowest BCUT2D eigenvalue weighted by Crippen LogP contribution is -2.51. The third kappa shape index (κ3) is 5.16. The number of ether oxygens (including phenoxy) is 2. The molecule has 0 unspecified atom stereocenters. The van der Waals surface area contributed by atoms with Gasteiger partial charge in [0.05, 0.1) is 11.6 Å². The number of barbiturate groups is 1. The van der Waals surface area contributed by atoms with Crippen LogP contribution in [0.25, 0.3) is 6.08 Å². The summed E-state index contributed by atoms with van der Waals surface area (Å²) >= 11 is 9.76. The highest BCUT2D eigenvalue weighted by atomic mass is 79.9. The minimum absolute atomic E-state index is 0.216. The molecule has 1 saturated heterocycles. The monoisotopic (exact) mass is 478 g/mol. The van der Waals surface area contributed by atoms with Gasteiger partial charge in [0.2, 0.25) is 0 Å². The quantitative estimate of drug-likeness (QED) is 0.485. The van der Waals surface area contributed by atoms with E-state index in [2.05, 4.69) is 15.9 Å². The molecule has 1 fully saturated rings. The molecule has 0 spiro atoms. The number of carbonyl (C=O) groups is 3. The zero-order valence-corrected chi connectivity index (χ0v) is 17.6. The predicted molar refractivity (Wildman–Crippen MR) is 111 cm³/mol. The van der Waals surface area contributed by atoms with Gasteiger partial charge < -0.3 is 9.47 Å². The molecule has 3 rings (SSSR count). The Hall–Kier alpha value is -2.84. The predicted octanol–water partition coefficient (Wildman–Crippen LogP) is 3.83. The van der Waals surface area contributed by atoms with E-state index in [1.54, 1.807) is 12.1 Å². The van der Waals surface area contributed by atoms with Gasteiger partial charge in [-0.15, -0.1) is 0 Å². The van der Waals surface area contributed by atoms with Crippen molar-refractivity contribution in [3.05, 3.63) is 62.6 Å². The van der Waals surface area contributed by atoms with E-state index in [9.17, 15) is 14.4 Å². The van der Waals surface area contributed by atoms with Crippen LogP contribution in [0.5, 0.6) is 11.5 Å². The summed E-state index contributed by atoms with van der Waals surface area (Å²) in [6.07, 6.45) is 1.32. The number of hydrogen-bond acceptors (Lipinski definition) is 5. The van der Waals surface area contributed by atoms with Gasteiger partial charge in [-0.3, -0.25) is 20.2 Å². The number of urea groups is 1. The molecule has 29 heavy (non-hydrogen) atoms. The average Bonchev–Trinajstić information content (AvgIpc) is 2.65. The molecule has 150 valence electrons. The first-order valence-corrected chi connectivity index (χ1v) is 9.76. The summed E-state index contributed by atoms with van der Waals surface area (Å²) in [6, 6.07) is 9.94. The van der Waals surface area contributed by atoms with E-state index in [0.717, 1.165) is 10.0 Å². The summed E-state index contributed by atoms with van der Waals surface area (Å²) in [5.74, 6) is -0.852. The minimum Gasteiger partial charge on any atom is -0.490 e. The molecule has 0 atom stereocenters. The highest BCUT2D eigenvalue weighted by molar-refractivity contribution is 9.10. The fraction of sp³-hybridized carbons (Fsp3) is 0.150. The highest BCUT2D eigenvalue weighted by Gasteiger charge is 2.28. The average molecular weight is 480 g/mol. The maximum Gasteiger partial charge on any atom is 0.328 e. The third-order valence-electron chi connectivity index (χ3n) is 3.88. The van der Waals surface area contributed by atoms with Crippen molar-refractivity contribution in [2.45, 2.75) is 13.5 Å². The van der Waals surface area contributed by atoms with Crippen LogP contribution in [0, 0.1) is 0 Å². The van der Waals surface area contributed by atoms with Crippen LogP contribution < -0.4 is 20.1 Å². The van der Waals surface area contributed by atoms with Crippen molar-refractivity contribution in [1.29, 1.82) is 0 Å². The number of carbonyl (C=O) groups excluding carboxylic acids is 3. The lowest BCUT2D eigenvalue weighted by Gasteiger charge is -2.16. The van der Waals surface area contributed by atoms with E-state index in [1.807, 2.05) is 41.8 Å². The molecule has 4 amide bonds. The lowest BCUT2D eigenvalue weighted by atomic mass is 10.1. The number of halogens is 2. The number of benzene rings is 2. The Labute approximate surface area is 180 Å². The molecule has 2 N–H and O–H groups in total. The van der Waals surface area contributed by atoms with Crippen molar-refractivity contribution >= 4 is 51.5 Å². The molecule has 1 aliphatic rings. The standard InChI is InChI=1S/C20H16BrClN2O5/c1-2-28-16-9-12(7-14-18(25)23-20(27)24-19(14)26)8-15(22)17(16)29-10-11-3-5-13(21)6-4-11/h3-9H,2,10H2,1H3,(H2,23,24,25,26,27). The topological polar surface area (TPSA) is 93.7 Å². The van der Waals surface area contributed by atoms with Gasteiger partial charge in [-0.1, -0.05) is 39.7 Å². The number of amides is 4. The molecule has 7 nitrogen and oxygen atoms in total. The summed E-state index contributed by atoms with van der Waals surface area (Å²) in [4.78, 5) is 35.0. The molecule has 9 heteroatoms.